The van der Waals surface area contributed by atoms with Crippen LogP contribution in [-0.2, 0) is 33.3 Å². The van der Waals surface area contributed by atoms with Crippen molar-refractivity contribution < 1.29 is 33.3 Å². The maximum atomic E-state index is 13.6. The van der Waals surface area contributed by atoms with Crippen LogP contribution < -0.4 is 0 Å². The number of carbonyl (C=O) groups is 2. The Labute approximate surface area is 253 Å². The topological polar surface area (TPSA) is 104 Å². The van der Waals surface area contributed by atoms with Gasteiger partial charge in [-0.25, -0.2) is 4.79 Å². The fourth-order valence-corrected chi connectivity index (χ4v) is 6.15. The van der Waals surface area contributed by atoms with E-state index >= 15 is 0 Å². The van der Waals surface area contributed by atoms with Crippen LogP contribution in [0.2, 0.25) is 0 Å². The summed E-state index contributed by atoms with van der Waals surface area (Å²) >= 11 is 0. The maximum absolute atomic E-state index is 13.6. The predicted molar refractivity (Wildman–Crippen MR) is 160 cm³/mol. The summed E-state index contributed by atoms with van der Waals surface area (Å²) in [7, 11) is 0. The number of nitriles is 1. The standard InChI is InChI=1S/C34H55NO7/c1-2-3-25-40-33(37)34(41-31-19-11-15-26-38-31,42-32-20-12-16-27-39-32)23-13-8-10-18-29-28(21-22-30(29)36)17-9-6-4-5-7-14-24-35/h9,17,28-29,31-32H,2-8,10-16,18-23,25-27H2,1H3/b17-9+/t28-,29+,31?,32?,34?/m0/s1. The van der Waals surface area contributed by atoms with Crippen LogP contribution in [0.3, 0.4) is 0 Å². The minimum Gasteiger partial charge on any atom is -0.462 e. The van der Waals surface area contributed by atoms with Crippen LogP contribution in [0, 0.1) is 23.2 Å². The van der Waals surface area contributed by atoms with Crippen molar-refractivity contribution >= 4 is 11.8 Å². The zero-order valence-electron chi connectivity index (χ0n) is 26.0. The van der Waals surface area contributed by atoms with Crippen molar-refractivity contribution in [3.05, 3.63) is 12.2 Å². The molecule has 8 heteroatoms. The number of carbonyl (C=O) groups excluding carboxylic acids is 2. The van der Waals surface area contributed by atoms with Gasteiger partial charge in [0.25, 0.3) is 5.79 Å². The first-order chi connectivity index (χ1) is 20.6. The number of rotatable bonds is 20. The Morgan fingerprint density at radius 2 is 1.67 bits per heavy atom. The van der Waals surface area contributed by atoms with E-state index in [1.165, 1.54) is 0 Å². The van der Waals surface area contributed by atoms with Gasteiger partial charge in [0.2, 0.25) is 0 Å². The number of ether oxygens (including phenoxy) is 5. The molecule has 3 aliphatic rings. The first-order valence-electron chi connectivity index (χ1n) is 16.9. The van der Waals surface area contributed by atoms with Crippen LogP contribution in [0.1, 0.15) is 135 Å². The molecular weight excluding hydrogens is 534 g/mol. The van der Waals surface area contributed by atoms with E-state index in [-0.39, 0.29) is 5.92 Å². The van der Waals surface area contributed by atoms with Crippen molar-refractivity contribution in [2.45, 2.75) is 154 Å². The van der Waals surface area contributed by atoms with E-state index in [9.17, 15) is 9.59 Å². The molecule has 0 aromatic rings. The van der Waals surface area contributed by atoms with Crippen LogP contribution in [-0.4, -0.2) is 49.9 Å². The third-order valence-corrected chi connectivity index (χ3v) is 8.68. The Kier molecular flexibility index (Phi) is 16.7. The molecule has 0 bridgehead atoms. The van der Waals surface area contributed by atoms with Gasteiger partial charge in [-0.1, -0.05) is 44.8 Å². The molecule has 3 fully saturated rings. The molecule has 1 saturated carbocycles. The molecule has 2 saturated heterocycles. The lowest BCUT2D eigenvalue weighted by Gasteiger charge is -2.39. The predicted octanol–water partition coefficient (Wildman–Crippen LogP) is 7.69. The van der Waals surface area contributed by atoms with E-state index in [4.69, 9.17) is 28.9 Å². The second-order valence-corrected chi connectivity index (χ2v) is 12.1. The lowest BCUT2D eigenvalue weighted by Crippen LogP contribution is -2.52. The van der Waals surface area contributed by atoms with Crippen LogP contribution in [0.5, 0.6) is 0 Å². The van der Waals surface area contributed by atoms with Crippen molar-refractivity contribution in [1.29, 1.82) is 5.26 Å². The molecule has 42 heavy (non-hydrogen) atoms. The number of hydrogen-bond donors (Lipinski definition) is 0. The largest absolute Gasteiger partial charge is 0.462 e. The molecule has 4 atom stereocenters. The number of esters is 1. The molecule has 2 heterocycles. The molecule has 2 aliphatic heterocycles. The van der Waals surface area contributed by atoms with Gasteiger partial charge in [-0.05, 0) is 89.4 Å². The Hall–Kier alpha value is -1.79. The lowest BCUT2D eigenvalue weighted by atomic mass is 9.89. The van der Waals surface area contributed by atoms with E-state index in [0.29, 0.717) is 57.2 Å². The summed E-state index contributed by atoms with van der Waals surface area (Å²) in [5.41, 5.74) is 0. The normalized spacial score (nSPS) is 26.2. The van der Waals surface area contributed by atoms with Crippen LogP contribution in [0.4, 0.5) is 0 Å². The third kappa shape index (κ3) is 12.1. The molecule has 8 nitrogen and oxygen atoms in total. The molecule has 0 radical (unpaired) electrons. The van der Waals surface area contributed by atoms with Crippen LogP contribution in [0.15, 0.2) is 12.2 Å². The Morgan fingerprint density at radius 3 is 2.31 bits per heavy atom. The van der Waals surface area contributed by atoms with Gasteiger partial charge in [-0.3, -0.25) is 4.79 Å². The third-order valence-electron chi connectivity index (χ3n) is 8.68. The first-order valence-corrected chi connectivity index (χ1v) is 16.9. The SMILES string of the molecule is CCCCOC(=O)C(CCCCC[C@H]1C(=O)CC[C@@H]1/C=C/CCCCCC#N)(OC1CCCCO1)OC1CCCCO1. The molecule has 0 amide bonds. The quantitative estimate of drug-likeness (QED) is 0.0616. The zero-order valence-corrected chi connectivity index (χ0v) is 26.0. The highest BCUT2D eigenvalue weighted by Gasteiger charge is 2.47. The number of Topliss-reactive ketones (excluding diaryl/α,β-unsaturated/α-hetero) is 1. The summed E-state index contributed by atoms with van der Waals surface area (Å²) in [5, 5.41) is 8.67. The van der Waals surface area contributed by atoms with Gasteiger partial charge in [0.15, 0.2) is 12.6 Å². The highest BCUT2D eigenvalue weighted by molar-refractivity contribution is 5.83. The van der Waals surface area contributed by atoms with Crippen molar-refractivity contribution in [3.63, 3.8) is 0 Å². The summed E-state index contributed by atoms with van der Waals surface area (Å²) < 4.78 is 30.2. The second-order valence-electron chi connectivity index (χ2n) is 12.1. The number of hydrogen-bond acceptors (Lipinski definition) is 8. The van der Waals surface area contributed by atoms with Gasteiger partial charge >= 0.3 is 5.97 Å². The van der Waals surface area contributed by atoms with Crippen LogP contribution >= 0.6 is 0 Å². The van der Waals surface area contributed by atoms with Crippen molar-refractivity contribution in [1.82, 2.24) is 0 Å². The average Bonchev–Trinajstić information content (AvgIpc) is 3.36. The van der Waals surface area contributed by atoms with Crippen molar-refractivity contribution in [2.24, 2.45) is 11.8 Å². The Balaban J connectivity index is 1.55. The Morgan fingerprint density at radius 1 is 0.952 bits per heavy atom. The molecule has 0 aromatic heterocycles. The molecule has 238 valence electrons. The minimum atomic E-state index is -1.56. The fourth-order valence-electron chi connectivity index (χ4n) is 6.15. The van der Waals surface area contributed by atoms with Crippen LogP contribution in [0.25, 0.3) is 0 Å². The fraction of sp³-hybridized carbons (Fsp3) is 0.853. The number of unbranched alkanes of at least 4 members (excludes halogenated alkanes) is 7. The van der Waals surface area contributed by atoms with E-state index in [1.54, 1.807) is 0 Å². The summed E-state index contributed by atoms with van der Waals surface area (Å²) in [5.74, 6) is -1.25. The second kappa shape index (κ2) is 20.2. The highest BCUT2D eigenvalue weighted by atomic mass is 16.8. The minimum absolute atomic E-state index is 0.0855. The molecule has 0 spiro atoms. The summed E-state index contributed by atoms with van der Waals surface area (Å²) in [6.07, 6.45) is 20.7. The first kappa shape index (κ1) is 34.7. The molecule has 2 unspecified atom stereocenters. The average molecular weight is 590 g/mol. The summed E-state index contributed by atoms with van der Waals surface area (Å²) in [6.45, 7) is 3.61. The van der Waals surface area contributed by atoms with Gasteiger partial charge < -0.3 is 23.7 Å². The van der Waals surface area contributed by atoms with Gasteiger partial charge in [-0.2, -0.15) is 5.26 Å². The van der Waals surface area contributed by atoms with E-state index in [2.05, 4.69) is 25.1 Å². The van der Waals surface area contributed by atoms with Gasteiger partial charge in [-0.15, -0.1) is 0 Å². The number of allylic oxidation sites excluding steroid dienone is 2. The van der Waals surface area contributed by atoms with E-state index in [1.807, 2.05) is 0 Å². The van der Waals surface area contributed by atoms with E-state index in [0.717, 1.165) is 103 Å². The monoisotopic (exact) mass is 589 g/mol. The van der Waals surface area contributed by atoms with Gasteiger partial charge in [0, 0.05) is 38.4 Å². The maximum Gasteiger partial charge on any atom is 0.367 e. The summed E-state index contributed by atoms with van der Waals surface area (Å²) in [4.78, 5) is 26.3. The molecule has 1 aliphatic carbocycles. The van der Waals surface area contributed by atoms with Gasteiger partial charge in [0.1, 0.15) is 5.78 Å². The summed E-state index contributed by atoms with van der Waals surface area (Å²) in [6, 6.07) is 2.20. The van der Waals surface area contributed by atoms with Crippen molar-refractivity contribution in [3.8, 4) is 6.07 Å². The smallest absolute Gasteiger partial charge is 0.367 e. The Bertz CT molecular complexity index is 821. The van der Waals surface area contributed by atoms with Gasteiger partial charge in [0.05, 0.1) is 12.7 Å². The number of ketones is 1. The lowest BCUT2D eigenvalue weighted by molar-refractivity contribution is -0.353. The number of nitrogens with zero attached hydrogens (tertiary/aromatic N) is 1. The zero-order chi connectivity index (χ0) is 29.9. The molecular formula is C34H55NO7. The van der Waals surface area contributed by atoms with Crippen molar-refractivity contribution in [2.75, 3.05) is 19.8 Å². The van der Waals surface area contributed by atoms with E-state index < -0.39 is 24.3 Å². The highest BCUT2D eigenvalue weighted by Crippen LogP contribution is 2.36. The molecule has 0 N–H and O–H groups in total. The molecule has 0 aromatic carbocycles. The molecule has 3 rings (SSSR count).